The van der Waals surface area contributed by atoms with Gasteiger partial charge < -0.3 is 0 Å². The minimum absolute atomic E-state index is 0.259. The Morgan fingerprint density at radius 3 is 2.45 bits per heavy atom. The van der Waals surface area contributed by atoms with Crippen molar-refractivity contribution in [3.8, 4) is 0 Å². The third-order valence-corrected chi connectivity index (χ3v) is 2.94. The van der Waals surface area contributed by atoms with Crippen LogP contribution in [0.4, 0.5) is 10.1 Å². The number of nitrogens with zero attached hydrogens (tertiary/aromatic N) is 2. The summed E-state index contributed by atoms with van der Waals surface area (Å²) in [6.07, 6.45) is 3.76. The van der Waals surface area contributed by atoms with Gasteiger partial charge in [0, 0.05) is 6.54 Å². The van der Waals surface area contributed by atoms with E-state index >= 15 is 0 Å². The lowest BCUT2D eigenvalue weighted by Gasteiger charge is -2.15. The van der Waals surface area contributed by atoms with Crippen LogP contribution in [-0.2, 0) is 0 Å². The maximum absolute atomic E-state index is 12.8. The molecule has 0 saturated heterocycles. The van der Waals surface area contributed by atoms with E-state index in [1.807, 2.05) is 43.3 Å². The Bertz CT molecular complexity index is 608. The van der Waals surface area contributed by atoms with Crippen LogP contribution in [0.2, 0.25) is 0 Å². The van der Waals surface area contributed by atoms with Crippen LogP contribution in [0.3, 0.4) is 0 Å². The van der Waals surface area contributed by atoms with Gasteiger partial charge in [0.15, 0.2) is 0 Å². The summed E-state index contributed by atoms with van der Waals surface area (Å²) in [5.74, 6) is -0.259. The molecule has 0 aliphatic heterocycles. The summed E-state index contributed by atoms with van der Waals surface area (Å²) in [7, 11) is 0. The Kier molecular flexibility index (Phi) is 4.60. The second-order valence-electron chi connectivity index (χ2n) is 4.24. The molecule has 0 bridgehead atoms. The molecular weight excluding hydrogens is 255 g/mol. The molecule has 0 heterocycles. The number of rotatable bonds is 5. The highest BCUT2D eigenvalue weighted by Crippen LogP contribution is 2.22. The molecule has 0 amide bonds. The third-order valence-electron chi connectivity index (χ3n) is 2.94. The van der Waals surface area contributed by atoms with Crippen molar-refractivity contribution in [3.05, 3.63) is 70.4 Å². The zero-order valence-corrected chi connectivity index (χ0v) is 11.2. The van der Waals surface area contributed by atoms with E-state index in [1.54, 1.807) is 12.1 Å². The van der Waals surface area contributed by atoms with E-state index in [0.29, 0.717) is 6.54 Å². The van der Waals surface area contributed by atoms with E-state index < -0.39 is 0 Å². The number of hydrogen-bond acceptors (Lipinski definition) is 2. The maximum atomic E-state index is 12.8. The molecular formula is C16H15FN2O. The predicted molar refractivity (Wildman–Crippen MR) is 80.6 cm³/mol. The summed E-state index contributed by atoms with van der Waals surface area (Å²) < 4.78 is 12.8. The third kappa shape index (κ3) is 3.29. The standard InChI is InChI=1S/C16H15FN2O/c1-2-19(18-20)16-6-4-3-5-14(16)10-7-13-8-11-15(17)12-9-13/h3-12H,2H2,1H3/b10-7+. The van der Waals surface area contributed by atoms with Crippen molar-refractivity contribution in [1.29, 1.82) is 0 Å². The molecule has 0 aliphatic carbocycles. The van der Waals surface area contributed by atoms with E-state index in [-0.39, 0.29) is 5.82 Å². The van der Waals surface area contributed by atoms with Crippen molar-refractivity contribution in [2.75, 3.05) is 11.6 Å². The van der Waals surface area contributed by atoms with E-state index in [1.165, 1.54) is 17.1 Å². The van der Waals surface area contributed by atoms with Crippen molar-refractivity contribution in [1.82, 2.24) is 0 Å². The number of para-hydroxylation sites is 1. The molecule has 0 N–H and O–H groups in total. The number of halogens is 1. The van der Waals surface area contributed by atoms with Crippen LogP contribution in [0.25, 0.3) is 12.2 Å². The Balaban J connectivity index is 2.29. The first kappa shape index (κ1) is 13.9. The topological polar surface area (TPSA) is 32.7 Å². The molecule has 3 nitrogen and oxygen atoms in total. The van der Waals surface area contributed by atoms with Crippen molar-refractivity contribution in [2.24, 2.45) is 5.29 Å². The first-order valence-corrected chi connectivity index (χ1v) is 6.38. The first-order valence-electron chi connectivity index (χ1n) is 6.38. The molecule has 20 heavy (non-hydrogen) atoms. The Labute approximate surface area is 117 Å². The summed E-state index contributed by atoms with van der Waals surface area (Å²) in [4.78, 5) is 10.8. The van der Waals surface area contributed by atoms with Gasteiger partial charge in [0.25, 0.3) is 0 Å². The molecule has 4 heteroatoms. The lowest BCUT2D eigenvalue weighted by Crippen LogP contribution is -2.14. The average molecular weight is 270 g/mol. The molecule has 0 saturated carbocycles. The number of benzene rings is 2. The van der Waals surface area contributed by atoms with Crippen molar-refractivity contribution in [2.45, 2.75) is 6.92 Å². The zero-order valence-electron chi connectivity index (χ0n) is 11.2. The molecule has 2 rings (SSSR count). The largest absolute Gasteiger partial charge is 0.229 e. The quantitative estimate of drug-likeness (QED) is 0.455. The van der Waals surface area contributed by atoms with Crippen LogP contribution in [-0.4, -0.2) is 6.54 Å². The monoisotopic (exact) mass is 270 g/mol. The summed E-state index contributed by atoms with van der Waals surface area (Å²) >= 11 is 0. The highest BCUT2D eigenvalue weighted by molar-refractivity contribution is 5.76. The van der Waals surface area contributed by atoms with Crippen molar-refractivity contribution < 1.29 is 4.39 Å². The van der Waals surface area contributed by atoms with Gasteiger partial charge in [-0.05, 0) is 36.2 Å². The molecule has 0 spiro atoms. The van der Waals surface area contributed by atoms with Gasteiger partial charge in [0.1, 0.15) is 5.82 Å². The van der Waals surface area contributed by atoms with Gasteiger partial charge in [-0.25, -0.2) is 9.40 Å². The first-order chi connectivity index (χ1) is 9.74. The zero-order chi connectivity index (χ0) is 14.4. The Hall–Kier alpha value is -2.49. The van der Waals surface area contributed by atoms with Gasteiger partial charge in [0.2, 0.25) is 0 Å². The number of hydrogen-bond donors (Lipinski definition) is 0. The lowest BCUT2D eigenvalue weighted by molar-refractivity contribution is 0.628. The van der Waals surface area contributed by atoms with Gasteiger partial charge in [0.05, 0.1) is 11.0 Å². The number of anilines is 1. The lowest BCUT2D eigenvalue weighted by atomic mass is 10.1. The Morgan fingerprint density at radius 2 is 1.80 bits per heavy atom. The molecule has 0 atom stereocenters. The van der Waals surface area contributed by atoms with Gasteiger partial charge in [-0.1, -0.05) is 42.5 Å². The van der Waals surface area contributed by atoms with Gasteiger partial charge in [-0.3, -0.25) is 0 Å². The van der Waals surface area contributed by atoms with E-state index in [4.69, 9.17) is 0 Å². The van der Waals surface area contributed by atoms with Crippen LogP contribution in [0.15, 0.2) is 53.8 Å². The van der Waals surface area contributed by atoms with Crippen molar-refractivity contribution >= 4 is 17.8 Å². The summed E-state index contributed by atoms with van der Waals surface area (Å²) in [5.41, 5.74) is 2.53. The average Bonchev–Trinajstić information content (AvgIpc) is 2.49. The molecule has 0 aliphatic rings. The normalized spacial score (nSPS) is 10.7. The fourth-order valence-corrected chi connectivity index (χ4v) is 1.90. The van der Waals surface area contributed by atoms with Crippen LogP contribution in [0.5, 0.6) is 0 Å². The van der Waals surface area contributed by atoms with E-state index in [2.05, 4.69) is 5.29 Å². The summed E-state index contributed by atoms with van der Waals surface area (Å²) in [6, 6.07) is 13.7. The minimum atomic E-state index is -0.259. The number of nitroso groups, excluding NO2 is 1. The molecule has 2 aromatic rings. The van der Waals surface area contributed by atoms with Gasteiger partial charge >= 0.3 is 0 Å². The highest BCUT2D eigenvalue weighted by Gasteiger charge is 2.07. The van der Waals surface area contributed by atoms with E-state index in [9.17, 15) is 9.30 Å². The van der Waals surface area contributed by atoms with Crippen LogP contribution in [0, 0.1) is 10.7 Å². The second-order valence-corrected chi connectivity index (χ2v) is 4.24. The summed E-state index contributed by atoms with van der Waals surface area (Å²) in [6.45, 7) is 2.37. The van der Waals surface area contributed by atoms with Gasteiger partial charge in [-0.15, -0.1) is 4.91 Å². The van der Waals surface area contributed by atoms with Crippen LogP contribution >= 0.6 is 0 Å². The van der Waals surface area contributed by atoms with E-state index in [0.717, 1.165) is 16.8 Å². The fraction of sp³-hybridized carbons (Fsp3) is 0.125. The summed E-state index contributed by atoms with van der Waals surface area (Å²) in [5, 5.41) is 4.40. The maximum Gasteiger partial charge on any atom is 0.123 e. The molecule has 102 valence electrons. The SMILES string of the molecule is CCN(N=O)c1ccccc1/C=C/c1ccc(F)cc1. The molecule has 0 aromatic heterocycles. The smallest absolute Gasteiger partial charge is 0.123 e. The highest BCUT2D eigenvalue weighted by atomic mass is 19.1. The molecule has 0 fully saturated rings. The fourth-order valence-electron chi connectivity index (χ4n) is 1.90. The molecule has 2 aromatic carbocycles. The van der Waals surface area contributed by atoms with Crippen LogP contribution < -0.4 is 5.01 Å². The van der Waals surface area contributed by atoms with Crippen LogP contribution in [0.1, 0.15) is 18.1 Å². The van der Waals surface area contributed by atoms with Crippen molar-refractivity contribution in [3.63, 3.8) is 0 Å². The minimum Gasteiger partial charge on any atom is -0.229 e. The molecule has 0 unspecified atom stereocenters. The van der Waals surface area contributed by atoms with Gasteiger partial charge in [-0.2, -0.15) is 0 Å². The molecule has 0 radical (unpaired) electrons. The predicted octanol–water partition coefficient (Wildman–Crippen LogP) is 4.50. The Morgan fingerprint density at radius 1 is 1.10 bits per heavy atom. The second kappa shape index (κ2) is 6.61.